The van der Waals surface area contributed by atoms with Crippen molar-refractivity contribution >= 4 is 11.6 Å². The molecule has 2 rings (SSSR count). The van der Waals surface area contributed by atoms with Crippen LogP contribution in [0.3, 0.4) is 0 Å². The molecule has 1 aromatic carbocycles. The van der Waals surface area contributed by atoms with Crippen LogP contribution < -0.4 is 10.6 Å². The van der Waals surface area contributed by atoms with Gasteiger partial charge < -0.3 is 10.6 Å². The maximum absolute atomic E-state index is 12.1. The number of rotatable bonds is 4. The van der Waals surface area contributed by atoms with Crippen molar-refractivity contribution in [3.63, 3.8) is 0 Å². The molecule has 0 aliphatic carbocycles. The minimum absolute atomic E-state index is 0.127. The van der Waals surface area contributed by atoms with Gasteiger partial charge in [0, 0.05) is 18.2 Å². The number of amides is 1. The molecule has 3 heteroatoms. The minimum Gasteiger partial charge on any atom is -0.326 e. The molecule has 0 fully saturated rings. The van der Waals surface area contributed by atoms with E-state index in [1.807, 2.05) is 12.1 Å². The first-order valence-corrected chi connectivity index (χ1v) is 6.88. The van der Waals surface area contributed by atoms with E-state index in [0.29, 0.717) is 0 Å². The van der Waals surface area contributed by atoms with Gasteiger partial charge in [0.2, 0.25) is 5.91 Å². The molecular weight excluding hydrogens is 224 g/mol. The highest BCUT2D eigenvalue weighted by Gasteiger charge is 2.17. The second kappa shape index (κ2) is 6.01. The topological polar surface area (TPSA) is 41.1 Å². The fourth-order valence-electron chi connectivity index (χ4n) is 2.54. The molecule has 1 aliphatic heterocycles. The monoisotopic (exact) mass is 246 g/mol. The summed E-state index contributed by atoms with van der Waals surface area (Å²) in [5, 5.41) is 6.46. The molecule has 1 amide bonds. The van der Waals surface area contributed by atoms with E-state index in [4.69, 9.17) is 0 Å². The van der Waals surface area contributed by atoms with Gasteiger partial charge in [0.15, 0.2) is 0 Å². The number of fused-ring (bicyclic) bond motifs is 1. The summed E-state index contributed by atoms with van der Waals surface area (Å²) in [5.74, 6) is 0.287. The van der Waals surface area contributed by atoms with Crippen molar-refractivity contribution < 1.29 is 4.79 Å². The van der Waals surface area contributed by atoms with Gasteiger partial charge in [-0.25, -0.2) is 0 Å². The lowest BCUT2D eigenvalue weighted by atomic mass is 9.97. The zero-order chi connectivity index (χ0) is 13.0. The van der Waals surface area contributed by atoms with Crippen LogP contribution in [-0.4, -0.2) is 12.5 Å². The average molecular weight is 246 g/mol. The highest BCUT2D eigenvalue weighted by molar-refractivity contribution is 5.93. The van der Waals surface area contributed by atoms with Crippen molar-refractivity contribution in [2.75, 3.05) is 11.9 Å². The summed E-state index contributed by atoms with van der Waals surface area (Å²) in [6.07, 6.45) is 2.80. The molecule has 0 atom stereocenters. The third-order valence-electron chi connectivity index (χ3n) is 3.75. The van der Waals surface area contributed by atoms with Crippen molar-refractivity contribution in [2.24, 2.45) is 5.92 Å². The molecule has 0 aromatic heterocycles. The summed E-state index contributed by atoms with van der Waals surface area (Å²) in [7, 11) is 0. The zero-order valence-corrected chi connectivity index (χ0v) is 11.3. The molecule has 0 radical (unpaired) electrons. The number of hydrogen-bond donors (Lipinski definition) is 2. The average Bonchev–Trinajstić information content (AvgIpc) is 2.40. The smallest absolute Gasteiger partial charge is 0.227 e. The van der Waals surface area contributed by atoms with E-state index in [2.05, 4.69) is 30.5 Å². The molecule has 0 saturated carbocycles. The quantitative estimate of drug-likeness (QED) is 0.857. The van der Waals surface area contributed by atoms with Gasteiger partial charge in [-0.3, -0.25) is 4.79 Å². The van der Waals surface area contributed by atoms with Gasteiger partial charge in [0.1, 0.15) is 0 Å². The van der Waals surface area contributed by atoms with Crippen LogP contribution >= 0.6 is 0 Å². The van der Waals surface area contributed by atoms with Crippen LogP contribution in [0, 0.1) is 5.92 Å². The van der Waals surface area contributed by atoms with Crippen LogP contribution in [0.4, 0.5) is 5.69 Å². The van der Waals surface area contributed by atoms with Crippen LogP contribution in [-0.2, 0) is 17.8 Å². The normalized spacial score (nSPS) is 14.4. The first-order chi connectivity index (χ1) is 8.76. The standard InChI is InChI=1S/C15H22N2O/c1-3-11(4-2)15(18)17-14-7-5-6-12-10-16-9-8-13(12)14/h5-7,11,16H,3-4,8-10H2,1-2H3,(H,17,18). The third kappa shape index (κ3) is 2.72. The molecule has 1 aliphatic rings. The number of carbonyl (C=O) groups excluding carboxylic acids is 1. The zero-order valence-electron chi connectivity index (χ0n) is 11.3. The van der Waals surface area contributed by atoms with E-state index in [1.54, 1.807) is 0 Å². The number of benzene rings is 1. The van der Waals surface area contributed by atoms with E-state index >= 15 is 0 Å². The van der Waals surface area contributed by atoms with E-state index < -0.39 is 0 Å². The Balaban J connectivity index is 2.16. The molecule has 0 bridgehead atoms. The van der Waals surface area contributed by atoms with Gasteiger partial charge >= 0.3 is 0 Å². The maximum Gasteiger partial charge on any atom is 0.227 e. The van der Waals surface area contributed by atoms with Crippen LogP contribution in [0.1, 0.15) is 37.8 Å². The SMILES string of the molecule is CCC(CC)C(=O)Nc1cccc2c1CCNC2. The second-order valence-corrected chi connectivity index (χ2v) is 4.87. The summed E-state index contributed by atoms with van der Waals surface area (Å²) < 4.78 is 0. The molecule has 0 saturated heterocycles. The van der Waals surface area contributed by atoms with E-state index in [9.17, 15) is 4.79 Å². The Hall–Kier alpha value is -1.35. The van der Waals surface area contributed by atoms with Gasteiger partial charge in [0.25, 0.3) is 0 Å². The number of hydrogen-bond acceptors (Lipinski definition) is 2. The molecular formula is C15H22N2O. The van der Waals surface area contributed by atoms with Gasteiger partial charge in [-0.1, -0.05) is 26.0 Å². The van der Waals surface area contributed by atoms with Crippen LogP contribution in [0.25, 0.3) is 0 Å². The highest BCUT2D eigenvalue weighted by atomic mass is 16.1. The Labute approximate surface area is 109 Å². The lowest BCUT2D eigenvalue weighted by molar-refractivity contribution is -0.120. The maximum atomic E-state index is 12.1. The lowest BCUT2D eigenvalue weighted by Gasteiger charge is -2.21. The summed E-state index contributed by atoms with van der Waals surface area (Å²) in [6.45, 7) is 6.03. The predicted octanol–water partition coefficient (Wildman–Crippen LogP) is 2.71. The first-order valence-electron chi connectivity index (χ1n) is 6.88. The number of nitrogens with one attached hydrogen (secondary N) is 2. The lowest BCUT2D eigenvalue weighted by Crippen LogP contribution is -2.27. The van der Waals surface area contributed by atoms with E-state index in [1.165, 1.54) is 11.1 Å². The summed E-state index contributed by atoms with van der Waals surface area (Å²) >= 11 is 0. The highest BCUT2D eigenvalue weighted by Crippen LogP contribution is 2.24. The molecule has 2 N–H and O–H groups in total. The third-order valence-corrected chi connectivity index (χ3v) is 3.75. The Bertz CT molecular complexity index is 425. The van der Waals surface area contributed by atoms with Crippen molar-refractivity contribution in [2.45, 2.75) is 39.7 Å². The van der Waals surface area contributed by atoms with Crippen molar-refractivity contribution in [3.05, 3.63) is 29.3 Å². The van der Waals surface area contributed by atoms with Crippen molar-refractivity contribution in [1.82, 2.24) is 5.32 Å². The molecule has 1 aromatic rings. The first kappa shape index (κ1) is 13.1. The van der Waals surface area contributed by atoms with E-state index in [0.717, 1.165) is 38.0 Å². The van der Waals surface area contributed by atoms with Crippen molar-refractivity contribution in [3.8, 4) is 0 Å². The predicted molar refractivity (Wildman–Crippen MR) is 74.6 cm³/mol. The van der Waals surface area contributed by atoms with Crippen LogP contribution in [0.5, 0.6) is 0 Å². The van der Waals surface area contributed by atoms with Crippen molar-refractivity contribution in [1.29, 1.82) is 0 Å². The molecule has 1 heterocycles. The fourth-order valence-corrected chi connectivity index (χ4v) is 2.54. The molecule has 98 valence electrons. The molecule has 3 nitrogen and oxygen atoms in total. The van der Waals surface area contributed by atoms with Gasteiger partial charge in [-0.15, -0.1) is 0 Å². The van der Waals surface area contributed by atoms with Gasteiger partial charge in [-0.2, -0.15) is 0 Å². The molecule has 0 spiro atoms. The minimum atomic E-state index is 0.127. The Kier molecular flexibility index (Phi) is 4.37. The Morgan fingerprint density at radius 1 is 1.39 bits per heavy atom. The number of carbonyl (C=O) groups is 1. The Morgan fingerprint density at radius 3 is 2.89 bits per heavy atom. The van der Waals surface area contributed by atoms with Crippen LogP contribution in [0.15, 0.2) is 18.2 Å². The summed E-state index contributed by atoms with van der Waals surface area (Å²) in [5.41, 5.74) is 3.62. The fraction of sp³-hybridized carbons (Fsp3) is 0.533. The Morgan fingerprint density at radius 2 is 2.17 bits per heavy atom. The van der Waals surface area contributed by atoms with Gasteiger partial charge in [0.05, 0.1) is 0 Å². The van der Waals surface area contributed by atoms with Gasteiger partial charge in [-0.05, 0) is 43.0 Å². The van der Waals surface area contributed by atoms with E-state index in [-0.39, 0.29) is 11.8 Å². The molecule has 0 unspecified atom stereocenters. The largest absolute Gasteiger partial charge is 0.326 e. The molecule has 18 heavy (non-hydrogen) atoms. The summed E-state index contributed by atoms with van der Waals surface area (Å²) in [4.78, 5) is 12.1. The second-order valence-electron chi connectivity index (χ2n) is 4.87. The van der Waals surface area contributed by atoms with Crippen LogP contribution in [0.2, 0.25) is 0 Å². The number of anilines is 1. The summed E-state index contributed by atoms with van der Waals surface area (Å²) in [6, 6.07) is 6.17.